The third-order valence-electron chi connectivity index (χ3n) is 4.41. The van der Waals surface area contributed by atoms with Crippen LogP contribution in [-0.2, 0) is 16.1 Å². The van der Waals surface area contributed by atoms with E-state index >= 15 is 0 Å². The fourth-order valence-corrected chi connectivity index (χ4v) is 2.91. The van der Waals surface area contributed by atoms with E-state index in [1.165, 1.54) is 6.08 Å². The van der Waals surface area contributed by atoms with Gasteiger partial charge < -0.3 is 10.2 Å². The summed E-state index contributed by atoms with van der Waals surface area (Å²) in [4.78, 5) is 26.3. The monoisotopic (exact) mass is 388 g/mol. The zero-order valence-corrected chi connectivity index (χ0v) is 16.5. The summed E-state index contributed by atoms with van der Waals surface area (Å²) in [5.74, 6) is -0.473. The Morgan fingerprint density at radius 3 is 2.45 bits per heavy atom. The molecule has 1 heterocycles. The lowest BCUT2D eigenvalue weighted by Gasteiger charge is -2.21. The molecule has 1 N–H and O–H groups in total. The third kappa shape index (κ3) is 5.65. The molecule has 0 radical (unpaired) electrons. The van der Waals surface area contributed by atoms with Crippen molar-refractivity contribution in [2.75, 3.05) is 7.05 Å². The van der Waals surface area contributed by atoms with Gasteiger partial charge in [-0.2, -0.15) is 5.10 Å². The van der Waals surface area contributed by atoms with Crippen molar-refractivity contribution in [3.63, 3.8) is 0 Å². The molecule has 2 amide bonds. The number of aromatic nitrogens is 2. The molecule has 1 aromatic heterocycles. The van der Waals surface area contributed by atoms with Gasteiger partial charge in [0.1, 0.15) is 6.04 Å². The Balaban J connectivity index is 1.53. The molecule has 3 aromatic rings. The predicted molar refractivity (Wildman–Crippen MR) is 113 cm³/mol. The van der Waals surface area contributed by atoms with Crippen LogP contribution in [0, 0.1) is 0 Å². The van der Waals surface area contributed by atoms with E-state index in [-0.39, 0.29) is 11.8 Å². The molecule has 6 nitrogen and oxygen atoms in total. The van der Waals surface area contributed by atoms with E-state index in [1.54, 1.807) is 35.8 Å². The lowest BCUT2D eigenvalue weighted by molar-refractivity contribution is -0.134. The van der Waals surface area contributed by atoms with Gasteiger partial charge in [0.15, 0.2) is 0 Å². The Morgan fingerprint density at radius 2 is 1.76 bits per heavy atom. The first-order chi connectivity index (χ1) is 14.0. The van der Waals surface area contributed by atoms with Gasteiger partial charge >= 0.3 is 0 Å². The Hall–Kier alpha value is -3.67. The van der Waals surface area contributed by atoms with Crippen molar-refractivity contribution in [1.29, 1.82) is 0 Å². The summed E-state index contributed by atoms with van der Waals surface area (Å²) in [5.41, 5.74) is 2.79. The van der Waals surface area contributed by atoms with Gasteiger partial charge in [-0.1, -0.05) is 48.5 Å². The normalized spacial score (nSPS) is 11.9. The van der Waals surface area contributed by atoms with Gasteiger partial charge in [-0.15, -0.1) is 0 Å². The van der Waals surface area contributed by atoms with Crippen molar-refractivity contribution in [2.45, 2.75) is 19.5 Å². The van der Waals surface area contributed by atoms with Gasteiger partial charge in [-0.25, -0.2) is 4.68 Å². The Bertz CT molecular complexity index is 980. The maximum atomic E-state index is 12.6. The summed E-state index contributed by atoms with van der Waals surface area (Å²) in [6, 6.07) is 18.7. The van der Waals surface area contributed by atoms with Gasteiger partial charge in [-0.3, -0.25) is 9.59 Å². The smallest absolute Gasteiger partial charge is 0.244 e. The molecule has 1 unspecified atom stereocenters. The van der Waals surface area contributed by atoms with E-state index in [9.17, 15) is 9.59 Å². The highest BCUT2D eigenvalue weighted by molar-refractivity contribution is 5.95. The van der Waals surface area contributed by atoms with Crippen LogP contribution >= 0.6 is 0 Å². The van der Waals surface area contributed by atoms with Crippen molar-refractivity contribution in [3.05, 3.63) is 90.3 Å². The molecule has 0 aliphatic heterocycles. The van der Waals surface area contributed by atoms with Crippen molar-refractivity contribution >= 4 is 17.9 Å². The van der Waals surface area contributed by atoms with Crippen molar-refractivity contribution in [3.8, 4) is 5.69 Å². The molecule has 0 fully saturated rings. The van der Waals surface area contributed by atoms with Gasteiger partial charge in [0.05, 0.1) is 11.9 Å². The molecule has 0 saturated heterocycles. The van der Waals surface area contributed by atoms with Crippen molar-refractivity contribution < 1.29 is 9.59 Å². The van der Waals surface area contributed by atoms with Crippen LogP contribution in [0.3, 0.4) is 0 Å². The van der Waals surface area contributed by atoms with Gasteiger partial charge in [0, 0.05) is 31.4 Å². The number of nitrogens with zero attached hydrogens (tertiary/aromatic N) is 3. The minimum atomic E-state index is -0.628. The quantitative estimate of drug-likeness (QED) is 0.633. The van der Waals surface area contributed by atoms with Crippen LogP contribution < -0.4 is 5.32 Å². The molecule has 0 saturated carbocycles. The maximum Gasteiger partial charge on any atom is 0.244 e. The molecule has 0 bridgehead atoms. The molecule has 3 rings (SSSR count). The first kappa shape index (κ1) is 20.1. The highest BCUT2D eigenvalue weighted by Gasteiger charge is 2.19. The lowest BCUT2D eigenvalue weighted by Crippen LogP contribution is -2.44. The number of benzene rings is 2. The first-order valence-electron chi connectivity index (χ1n) is 9.40. The van der Waals surface area contributed by atoms with Crippen LogP contribution in [0.15, 0.2) is 79.1 Å². The minimum absolute atomic E-state index is 0.168. The standard InChI is InChI=1S/C23H24N4O2/c1-18(25-22(28)14-13-19-9-5-3-6-10-19)23(29)26(2)16-20-15-24-27(17-20)21-11-7-4-8-12-21/h3-15,17-18H,16H2,1-2H3,(H,25,28)/b14-13+. The number of hydrogen-bond acceptors (Lipinski definition) is 3. The van der Waals surface area contributed by atoms with Crippen LogP contribution in [0.5, 0.6) is 0 Å². The predicted octanol–water partition coefficient (Wildman–Crippen LogP) is 3.05. The fraction of sp³-hybridized carbons (Fsp3) is 0.174. The summed E-state index contributed by atoms with van der Waals surface area (Å²) in [6.45, 7) is 2.09. The topological polar surface area (TPSA) is 67.2 Å². The van der Waals surface area contributed by atoms with E-state index in [1.807, 2.05) is 66.9 Å². The van der Waals surface area contributed by atoms with E-state index < -0.39 is 6.04 Å². The minimum Gasteiger partial charge on any atom is -0.341 e. The Morgan fingerprint density at radius 1 is 1.10 bits per heavy atom. The number of hydrogen-bond donors (Lipinski definition) is 1. The summed E-state index contributed by atoms with van der Waals surface area (Å²) >= 11 is 0. The number of carbonyl (C=O) groups is 2. The van der Waals surface area contributed by atoms with Gasteiger partial charge in [-0.05, 0) is 30.7 Å². The van der Waals surface area contributed by atoms with Crippen LogP contribution in [-0.4, -0.2) is 39.6 Å². The second kappa shape index (κ2) is 9.50. The van der Waals surface area contributed by atoms with Crippen LogP contribution in [0.1, 0.15) is 18.1 Å². The summed E-state index contributed by atoms with van der Waals surface area (Å²) < 4.78 is 1.77. The molecule has 1 atom stereocenters. The largest absolute Gasteiger partial charge is 0.341 e. The molecule has 0 aliphatic carbocycles. The Kier molecular flexibility index (Phi) is 6.58. The number of para-hydroxylation sites is 1. The number of amides is 2. The first-order valence-corrected chi connectivity index (χ1v) is 9.40. The zero-order valence-electron chi connectivity index (χ0n) is 16.5. The summed E-state index contributed by atoms with van der Waals surface area (Å²) in [5, 5.41) is 7.05. The molecule has 2 aromatic carbocycles. The van der Waals surface area contributed by atoms with Crippen LogP contribution in [0.4, 0.5) is 0 Å². The van der Waals surface area contributed by atoms with Gasteiger partial charge in [0.25, 0.3) is 0 Å². The average molecular weight is 388 g/mol. The number of likely N-dealkylation sites (N-methyl/N-ethyl adjacent to an activating group) is 1. The fourth-order valence-electron chi connectivity index (χ4n) is 2.91. The Labute approximate surface area is 170 Å². The van der Waals surface area contributed by atoms with Crippen LogP contribution in [0.25, 0.3) is 11.8 Å². The highest BCUT2D eigenvalue weighted by atomic mass is 16.2. The molecule has 29 heavy (non-hydrogen) atoms. The number of nitrogens with one attached hydrogen (secondary N) is 1. The van der Waals surface area contributed by atoms with Crippen molar-refractivity contribution in [1.82, 2.24) is 20.0 Å². The second-order valence-corrected chi connectivity index (χ2v) is 6.80. The van der Waals surface area contributed by atoms with Gasteiger partial charge in [0.2, 0.25) is 11.8 Å². The molecular weight excluding hydrogens is 364 g/mol. The second-order valence-electron chi connectivity index (χ2n) is 6.80. The van der Waals surface area contributed by atoms with E-state index in [0.717, 1.165) is 16.8 Å². The summed E-state index contributed by atoms with van der Waals surface area (Å²) in [6.07, 6.45) is 6.78. The van der Waals surface area contributed by atoms with E-state index in [4.69, 9.17) is 0 Å². The zero-order chi connectivity index (χ0) is 20.6. The molecular formula is C23H24N4O2. The lowest BCUT2D eigenvalue weighted by atomic mass is 10.2. The number of carbonyl (C=O) groups excluding carboxylic acids is 2. The SMILES string of the molecule is CC(NC(=O)/C=C/c1ccccc1)C(=O)N(C)Cc1cnn(-c2ccccc2)c1. The molecule has 0 aliphatic rings. The maximum absolute atomic E-state index is 12.6. The highest BCUT2D eigenvalue weighted by Crippen LogP contribution is 2.10. The van der Waals surface area contributed by atoms with Crippen LogP contribution in [0.2, 0.25) is 0 Å². The molecule has 0 spiro atoms. The third-order valence-corrected chi connectivity index (χ3v) is 4.41. The van der Waals surface area contributed by atoms with E-state index in [2.05, 4.69) is 10.4 Å². The summed E-state index contributed by atoms with van der Waals surface area (Å²) in [7, 11) is 1.71. The molecule has 148 valence electrons. The van der Waals surface area contributed by atoms with Crippen molar-refractivity contribution in [2.24, 2.45) is 0 Å². The average Bonchev–Trinajstić information content (AvgIpc) is 3.21. The molecule has 6 heteroatoms. The van der Waals surface area contributed by atoms with E-state index in [0.29, 0.717) is 6.54 Å². The number of rotatable bonds is 7.